The van der Waals surface area contributed by atoms with Crippen LogP contribution in [-0.2, 0) is 25.1 Å². The van der Waals surface area contributed by atoms with Gasteiger partial charge in [0.05, 0.1) is 17.0 Å². The summed E-state index contributed by atoms with van der Waals surface area (Å²) in [5, 5.41) is 11.4. The van der Waals surface area contributed by atoms with Crippen molar-refractivity contribution in [3.8, 4) is 11.4 Å². The highest BCUT2D eigenvalue weighted by atomic mass is 19.2. The standard InChI is InChI=1S/C26H22F5N5O3/c1-13-6-5-7-19(36-26(37)35(4)33-34-36)17(13)11-38-20-9-8-16(10-14(20)2)15(3)32-39-12-18-21(27)23(29)25(31)24(30)22(18)28/h5-10H,11-12H2,1-4H3/b32-15+. The van der Waals surface area contributed by atoms with Gasteiger partial charge in [0.2, 0.25) is 5.82 Å². The number of halogens is 5. The number of aromatic nitrogens is 4. The topological polar surface area (TPSA) is 83.5 Å². The van der Waals surface area contributed by atoms with Crippen LogP contribution in [0, 0.1) is 42.9 Å². The van der Waals surface area contributed by atoms with Gasteiger partial charge in [-0.3, -0.25) is 0 Å². The van der Waals surface area contributed by atoms with Crippen molar-refractivity contribution < 1.29 is 31.5 Å². The van der Waals surface area contributed by atoms with Crippen molar-refractivity contribution in [2.45, 2.75) is 34.0 Å². The Morgan fingerprint density at radius 2 is 1.54 bits per heavy atom. The Hall–Kier alpha value is -4.55. The lowest BCUT2D eigenvalue weighted by molar-refractivity contribution is 0.123. The molecule has 0 N–H and O–H groups in total. The fourth-order valence-corrected chi connectivity index (χ4v) is 3.75. The first-order valence-electron chi connectivity index (χ1n) is 11.5. The molecule has 0 amide bonds. The maximum atomic E-state index is 13.8. The molecule has 0 unspecified atom stereocenters. The lowest BCUT2D eigenvalue weighted by Gasteiger charge is -2.15. The Morgan fingerprint density at radius 1 is 0.872 bits per heavy atom. The fourth-order valence-electron chi connectivity index (χ4n) is 3.75. The minimum atomic E-state index is -2.24. The average Bonchev–Trinajstić information content (AvgIpc) is 3.25. The second kappa shape index (κ2) is 11.1. The van der Waals surface area contributed by atoms with Gasteiger partial charge in [-0.1, -0.05) is 17.3 Å². The van der Waals surface area contributed by atoms with Crippen LogP contribution in [0.4, 0.5) is 22.0 Å². The van der Waals surface area contributed by atoms with Crippen LogP contribution in [0.2, 0.25) is 0 Å². The molecule has 13 heteroatoms. The van der Waals surface area contributed by atoms with Crippen LogP contribution >= 0.6 is 0 Å². The number of rotatable bonds is 8. The highest BCUT2D eigenvalue weighted by Crippen LogP contribution is 2.25. The molecule has 0 aliphatic heterocycles. The Kier molecular flexibility index (Phi) is 7.79. The van der Waals surface area contributed by atoms with E-state index in [0.29, 0.717) is 22.6 Å². The van der Waals surface area contributed by atoms with E-state index in [0.717, 1.165) is 15.8 Å². The smallest absolute Gasteiger partial charge is 0.368 e. The molecule has 0 radical (unpaired) electrons. The molecule has 0 aliphatic carbocycles. The van der Waals surface area contributed by atoms with Gasteiger partial charge in [-0.2, -0.15) is 9.36 Å². The van der Waals surface area contributed by atoms with E-state index in [1.165, 1.54) is 11.7 Å². The molecule has 4 aromatic rings. The van der Waals surface area contributed by atoms with Crippen molar-refractivity contribution >= 4 is 5.71 Å². The zero-order valence-corrected chi connectivity index (χ0v) is 21.2. The first kappa shape index (κ1) is 27.5. The molecule has 0 atom stereocenters. The summed E-state index contributed by atoms with van der Waals surface area (Å²) in [5.74, 6) is -9.76. The van der Waals surface area contributed by atoms with Gasteiger partial charge in [0.15, 0.2) is 23.3 Å². The Balaban J connectivity index is 1.48. The second-order valence-electron chi connectivity index (χ2n) is 8.64. The number of ether oxygens (including phenoxy) is 1. The summed E-state index contributed by atoms with van der Waals surface area (Å²) in [6, 6.07) is 10.5. The minimum absolute atomic E-state index is 0.128. The van der Waals surface area contributed by atoms with E-state index in [1.807, 2.05) is 13.0 Å². The van der Waals surface area contributed by atoms with Crippen molar-refractivity contribution in [2.75, 3.05) is 0 Å². The number of hydrogen-bond acceptors (Lipinski definition) is 6. The molecule has 1 heterocycles. The summed E-state index contributed by atoms with van der Waals surface area (Å²) in [6.45, 7) is 4.38. The number of tetrazole rings is 1. The van der Waals surface area contributed by atoms with E-state index in [9.17, 15) is 26.7 Å². The third-order valence-electron chi connectivity index (χ3n) is 6.01. The van der Waals surface area contributed by atoms with Crippen LogP contribution in [-0.4, -0.2) is 25.5 Å². The van der Waals surface area contributed by atoms with Crippen LogP contribution in [0.25, 0.3) is 5.69 Å². The van der Waals surface area contributed by atoms with Gasteiger partial charge < -0.3 is 9.57 Å². The molecule has 0 spiro atoms. The van der Waals surface area contributed by atoms with Gasteiger partial charge in [-0.15, -0.1) is 0 Å². The van der Waals surface area contributed by atoms with E-state index < -0.39 is 46.9 Å². The third-order valence-corrected chi connectivity index (χ3v) is 6.01. The van der Waals surface area contributed by atoms with E-state index in [-0.39, 0.29) is 12.3 Å². The first-order valence-corrected chi connectivity index (χ1v) is 11.5. The average molecular weight is 547 g/mol. The number of benzene rings is 3. The molecule has 39 heavy (non-hydrogen) atoms. The number of aryl methyl sites for hydroxylation is 3. The maximum Gasteiger partial charge on any atom is 0.368 e. The molecule has 8 nitrogen and oxygen atoms in total. The molecule has 4 rings (SSSR count). The van der Waals surface area contributed by atoms with Gasteiger partial charge in [0, 0.05) is 12.6 Å². The van der Waals surface area contributed by atoms with Crippen molar-refractivity contribution in [3.05, 3.63) is 104 Å². The molecule has 0 saturated heterocycles. The van der Waals surface area contributed by atoms with Crippen molar-refractivity contribution in [2.24, 2.45) is 12.2 Å². The first-order chi connectivity index (χ1) is 18.5. The molecule has 204 valence electrons. The summed E-state index contributed by atoms with van der Waals surface area (Å²) < 4.78 is 75.9. The lowest BCUT2D eigenvalue weighted by Crippen LogP contribution is -2.23. The molecule has 0 aliphatic rings. The van der Waals surface area contributed by atoms with Crippen molar-refractivity contribution in [1.29, 1.82) is 0 Å². The summed E-state index contributed by atoms with van der Waals surface area (Å²) in [5.41, 5.74) is 2.21. The highest BCUT2D eigenvalue weighted by molar-refractivity contribution is 5.98. The van der Waals surface area contributed by atoms with Crippen LogP contribution in [0.5, 0.6) is 5.75 Å². The second-order valence-corrected chi connectivity index (χ2v) is 8.64. The van der Waals surface area contributed by atoms with Crippen LogP contribution < -0.4 is 10.4 Å². The highest BCUT2D eigenvalue weighted by Gasteiger charge is 2.26. The van der Waals surface area contributed by atoms with E-state index in [2.05, 4.69) is 15.6 Å². The predicted octanol–water partition coefficient (Wildman–Crippen LogP) is 4.80. The zero-order chi connectivity index (χ0) is 28.4. The van der Waals surface area contributed by atoms with Crippen LogP contribution in [0.3, 0.4) is 0 Å². The Morgan fingerprint density at radius 3 is 2.15 bits per heavy atom. The maximum absolute atomic E-state index is 13.8. The number of hydrogen-bond donors (Lipinski definition) is 0. The zero-order valence-electron chi connectivity index (χ0n) is 21.2. The van der Waals surface area contributed by atoms with Crippen molar-refractivity contribution in [3.63, 3.8) is 0 Å². The van der Waals surface area contributed by atoms with Gasteiger partial charge >= 0.3 is 5.69 Å². The molecular weight excluding hydrogens is 525 g/mol. The fraction of sp³-hybridized carbons (Fsp3) is 0.231. The number of nitrogens with zero attached hydrogens (tertiary/aromatic N) is 5. The largest absolute Gasteiger partial charge is 0.489 e. The minimum Gasteiger partial charge on any atom is -0.489 e. The molecule has 0 saturated carbocycles. The molecule has 0 fully saturated rings. The Bertz CT molecular complexity index is 1620. The lowest BCUT2D eigenvalue weighted by atomic mass is 10.1. The molecule has 1 aromatic heterocycles. The monoisotopic (exact) mass is 547 g/mol. The predicted molar refractivity (Wildman–Crippen MR) is 130 cm³/mol. The van der Waals surface area contributed by atoms with E-state index >= 15 is 0 Å². The van der Waals surface area contributed by atoms with Gasteiger partial charge in [0.25, 0.3) is 0 Å². The van der Waals surface area contributed by atoms with E-state index in [4.69, 9.17) is 9.57 Å². The van der Waals surface area contributed by atoms with Crippen LogP contribution in [0.1, 0.15) is 34.7 Å². The summed E-state index contributed by atoms with van der Waals surface area (Å²) in [7, 11) is 1.50. The summed E-state index contributed by atoms with van der Waals surface area (Å²) in [6.07, 6.45) is 0. The quantitative estimate of drug-likeness (QED) is 0.104. The van der Waals surface area contributed by atoms with Gasteiger partial charge in [-0.05, 0) is 72.2 Å². The molecule has 3 aromatic carbocycles. The normalized spacial score (nSPS) is 11.7. The SMILES string of the molecule is C/C(=N\OCc1c(F)c(F)c(F)c(F)c1F)c1ccc(OCc2c(C)cccc2-n2nnn(C)c2=O)c(C)c1. The number of oxime groups is 1. The van der Waals surface area contributed by atoms with Crippen molar-refractivity contribution in [1.82, 2.24) is 19.8 Å². The van der Waals surface area contributed by atoms with Gasteiger partial charge in [-0.25, -0.2) is 26.7 Å². The Labute approximate surface area is 218 Å². The van der Waals surface area contributed by atoms with Gasteiger partial charge in [0.1, 0.15) is 19.0 Å². The van der Waals surface area contributed by atoms with E-state index in [1.54, 1.807) is 44.2 Å². The molecular formula is C26H22F5N5O3. The summed E-state index contributed by atoms with van der Waals surface area (Å²) >= 11 is 0. The molecule has 0 bridgehead atoms. The third kappa shape index (κ3) is 5.38. The summed E-state index contributed by atoms with van der Waals surface area (Å²) in [4.78, 5) is 17.2. The van der Waals surface area contributed by atoms with Crippen LogP contribution in [0.15, 0.2) is 46.3 Å².